The summed E-state index contributed by atoms with van der Waals surface area (Å²) in [5.41, 5.74) is 1.70. The van der Waals surface area contributed by atoms with E-state index >= 15 is 0 Å². The first-order chi connectivity index (χ1) is 10.1. The summed E-state index contributed by atoms with van der Waals surface area (Å²) in [5, 5.41) is 21.4. The third kappa shape index (κ3) is 3.64. The minimum atomic E-state index is -0.957. The standard InChI is InChI=1S/C15H18BrNO4/c1-2-21-15(20)12-7-9-3-4-10(8-11(9)17-12)14(19)13(18)5-6-16/h3-4,7-8,13-14,17-19H,2,5-6H2,1H3. The molecule has 0 aliphatic carbocycles. The Labute approximate surface area is 131 Å². The zero-order valence-corrected chi connectivity index (χ0v) is 13.3. The number of aliphatic hydroxyl groups is 2. The lowest BCUT2D eigenvalue weighted by molar-refractivity contribution is 0.0174. The molecule has 0 radical (unpaired) electrons. The number of fused-ring (bicyclic) bond motifs is 1. The second-order valence-corrected chi connectivity index (χ2v) is 5.53. The van der Waals surface area contributed by atoms with Gasteiger partial charge in [-0.3, -0.25) is 0 Å². The van der Waals surface area contributed by atoms with Crippen LogP contribution in [0.25, 0.3) is 10.9 Å². The zero-order chi connectivity index (χ0) is 15.4. The molecule has 0 fully saturated rings. The normalized spacial score (nSPS) is 14.1. The van der Waals surface area contributed by atoms with Crippen molar-refractivity contribution in [3.63, 3.8) is 0 Å². The van der Waals surface area contributed by atoms with Crippen LogP contribution < -0.4 is 0 Å². The highest BCUT2D eigenvalue weighted by atomic mass is 79.9. The number of H-pyrrole nitrogens is 1. The molecule has 2 unspecified atom stereocenters. The monoisotopic (exact) mass is 355 g/mol. The number of aromatic nitrogens is 1. The molecule has 0 amide bonds. The van der Waals surface area contributed by atoms with Crippen LogP contribution in [0.2, 0.25) is 0 Å². The maximum Gasteiger partial charge on any atom is 0.354 e. The average Bonchev–Trinajstić information content (AvgIpc) is 2.90. The van der Waals surface area contributed by atoms with Gasteiger partial charge in [0.15, 0.2) is 0 Å². The first-order valence-corrected chi connectivity index (χ1v) is 7.90. The molecular weight excluding hydrogens is 338 g/mol. The van der Waals surface area contributed by atoms with Crippen molar-refractivity contribution in [3.8, 4) is 0 Å². The van der Waals surface area contributed by atoms with E-state index in [9.17, 15) is 15.0 Å². The van der Waals surface area contributed by atoms with Gasteiger partial charge in [0.2, 0.25) is 0 Å². The number of carbonyl (C=O) groups excluding carboxylic acids is 1. The van der Waals surface area contributed by atoms with Crippen molar-refractivity contribution in [2.45, 2.75) is 25.6 Å². The molecule has 0 spiro atoms. The van der Waals surface area contributed by atoms with Crippen molar-refractivity contribution in [2.75, 3.05) is 11.9 Å². The number of nitrogens with one attached hydrogen (secondary N) is 1. The van der Waals surface area contributed by atoms with E-state index in [2.05, 4.69) is 20.9 Å². The van der Waals surface area contributed by atoms with Gasteiger partial charge in [0.05, 0.1) is 12.7 Å². The number of alkyl halides is 1. The maximum atomic E-state index is 11.7. The summed E-state index contributed by atoms with van der Waals surface area (Å²) >= 11 is 3.24. The molecule has 114 valence electrons. The number of aliphatic hydroxyl groups excluding tert-OH is 2. The number of aromatic amines is 1. The van der Waals surface area contributed by atoms with E-state index in [1.54, 1.807) is 31.2 Å². The van der Waals surface area contributed by atoms with Crippen molar-refractivity contribution in [1.82, 2.24) is 4.98 Å². The lowest BCUT2D eigenvalue weighted by Crippen LogP contribution is -2.18. The van der Waals surface area contributed by atoms with Crippen LogP contribution in [-0.2, 0) is 4.74 Å². The molecule has 0 aliphatic rings. The van der Waals surface area contributed by atoms with Gasteiger partial charge in [-0.05, 0) is 31.0 Å². The molecule has 2 rings (SSSR count). The summed E-state index contributed by atoms with van der Waals surface area (Å²) < 4.78 is 4.94. The van der Waals surface area contributed by atoms with E-state index in [0.717, 1.165) is 10.9 Å². The SMILES string of the molecule is CCOC(=O)c1cc2ccc(C(O)C(O)CCBr)cc2[nH]1. The number of ether oxygens (including phenoxy) is 1. The van der Waals surface area contributed by atoms with Crippen molar-refractivity contribution < 1.29 is 19.7 Å². The van der Waals surface area contributed by atoms with Crippen molar-refractivity contribution in [1.29, 1.82) is 0 Å². The number of rotatable bonds is 6. The molecule has 2 aromatic rings. The summed E-state index contributed by atoms with van der Waals surface area (Å²) in [4.78, 5) is 14.6. The van der Waals surface area contributed by atoms with Crippen LogP contribution in [0.1, 0.15) is 35.5 Å². The molecule has 5 nitrogen and oxygen atoms in total. The minimum Gasteiger partial charge on any atom is -0.461 e. The van der Waals surface area contributed by atoms with Gasteiger partial charge in [0.25, 0.3) is 0 Å². The third-order valence-corrected chi connectivity index (χ3v) is 3.71. The highest BCUT2D eigenvalue weighted by molar-refractivity contribution is 9.09. The number of esters is 1. The molecule has 0 saturated carbocycles. The first kappa shape index (κ1) is 16.0. The molecule has 1 aromatic carbocycles. The van der Waals surface area contributed by atoms with Crippen LogP contribution in [-0.4, -0.2) is 39.2 Å². The molecule has 2 atom stereocenters. The molecule has 1 aromatic heterocycles. The molecule has 3 N–H and O–H groups in total. The molecule has 21 heavy (non-hydrogen) atoms. The van der Waals surface area contributed by atoms with Gasteiger partial charge in [-0.15, -0.1) is 0 Å². The van der Waals surface area contributed by atoms with Crippen molar-refractivity contribution in [2.24, 2.45) is 0 Å². The largest absolute Gasteiger partial charge is 0.461 e. The van der Waals surface area contributed by atoms with Gasteiger partial charge in [-0.1, -0.05) is 28.1 Å². The van der Waals surface area contributed by atoms with Gasteiger partial charge in [-0.25, -0.2) is 4.79 Å². The van der Waals surface area contributed by atoms with Crippen LogP contribution in [0, 0.1) is 0 Å². The average molecular weight is 356 g/mol. The fourth-order valence-corrected chi connectivity index (χ4v) is 2.61. The van der Waals surface area contributed by atoms with Crippen LogP contribution in [0.15, 0.2) is 24.3 Å². The second-order valence-electron chi connectivity index (χ2n) is 4.74. The lowest BCUT2D eigenvalue weighted by Gasteiger charge is -2.17. The summed E-state index contributed by atoms with van der Waals surface area (Å²) in [5.74, 6) is -0.407. The van der Waals surface area contributed by atoms with Gasteiger partial charge >= 0.3 is 5.97 Å². The number of hydrogen-bond donors (Lipinski definition) is 3. The summed E-state index contributed by atoms with van der Waals surface area (Å²) in [6.45, 7) is 2.07. The van der Waals surface area contributed by atoms with Crippen LogP contribution >= 0.6 is 15.9 Å². The molecule has 0 aliphatic heterocycles. The second kappa shape index (κ2) is 7.06. The molecule has 1 heterocycles. The van der Waals surface area contributed by atoms with Crippen LogP contribution in [0.4, 0.5) is 0 Å². The van der Waals surface area contributed by atoms with E-state index in [1.807, 2.05) is 0 Å². The quantitative estimate of drug-likeness (QED) is 0.549. The van der Waals surface area contributed by atoms with Gasteiger partial charge in [-0.2, -0.15) is 0 Å². The van der Waals surface area contributed by atoms with E-state index in [4.69, 9.17) is 4.74 Å². The first-order valence-electron chi connectivity index (χ1n) is 6.78. The Bertz CT molecular complexity index is 625. The van der Waals surface area contributed by atoms with Gasteiger partial charge in [0, 0.05) is 16.2 Å². The van der Waals surface area contributed by atoms with E-state index in [0.29, 0.717) is 29.6 Å². The predicted octanol–water partition coefficient (Wildman–Crippen LogP) is 2.52. The topological polar surface area (TPSA) is 82.6 Å². The Morgan fingerprint density at radius 1 is 1.38 bits per heavy atom. The fraction of sp³-hybridized carbons (Fsp3) is 0.400. The Balaban J connectivity index is 2.27. The highest BCUT2D eigenvalue weighted by Crippen LogP contribution is 2.24. The van der Waals surface area contributed by atoms with Crippen LogP contribution in [0.3, 0.4) is 0 Å². The Hall–Kier alpha value is -1.37. The molecule has 0 saturated heterocycles. The van der Waals surface area contributed by atoms with E-state index in [-0.39, 0.29) is 0 Å². The van der Waals surface area contributed by atoms with Gasteiger partial charge in [0.1, 0.15) is 11.8 Å². The van der Waals surface area contributed by atoms with E-state index < -0.39 is 18.2 Å². The Morgan fingerprint density at radius 3 is 2.81 bits per heavy atom. The van der Waals surface area contributed by atoms with Gasteiger partial charge < -0.3 is 19.9 Å². The highest BCUT2D eigenvalue weighted by Gasteiger charge is 2.19. The van der Waals surface area contributed by atoms with Crippen LogP contribution in [0.5, 0.6) is 0 Å². The number of hydrogen-bond acceptors (Lipinski definition) is 4. The lowest BCUT2D eigenvalue weighted by atomic mass is 10.0. The number of halogens is 1. The Kier molecular flexibility index (Phi) is 5.39. The summed E-state index contributed by atoms with van der Waals surface area (Å²) in [7, 11) is 0. The van der Waals surface area contributed by atoms with Crippen molar-refractivity contribution in [3.05, 3.63) is 35.5 Å². The summed E-state index contributed by atoms with van der Waals surface area (Å²) in [6, 6.07) is 6.99. The number of carbonyl (C=O) groups is 1. The Morgan fingerprint density at radius 2 is 2.14 bits per heavy atom. The van der Waals surface area contributed by atoms with E-state index in [1.165, 1.54) is 0 Å². The minimum absolute atomic E-state index is 0.316. The maximum absolute atomic E-state index is 11.7. The molecular formula is C15H18BrNO4. The smallest absolute Gasteiger partial charge is 0.354 e. The summed E-state index contributed by atoms with van der Waals surface area (Å²) in [6.07, 6.45) is -1.33. The zero-order valence-electron chi connectivity index (χ0n) is 11.7. The third-order valence-electron chi connectivity index (χ3n) is 3.25. The number of benzene rings is 1. The van der Waals surface area contributed by atoms with Crippen molar-refractivity contribution >= 4 is 32.8 Å². The molecule has 6 heteroatoms. The molecule has 0 bridgehead atoms. The fourth-order valence-electron chi connectivity index (χ4n) is 2.14. The predicted molar refractivity (Wildman–Crippen MR) is 83.6 cm³/mol.